The Bertz CT molecular complexity index is 624. The van der Waals surface area contributed by atoms with Crippen LogP contribution < -0.4 is 5.32 Å². The highest BCUT2D eigenvalue weighted by Gasteiger charge is 2.44. The third-order valence-electron chi connectivity index (χ3n) is 4.61. The molecule has 0 aliphatic carbocycles. The van der Waals surface area contributed by atoms with Crippen LogP contribution in [0.15, 0.2) is 24.3 Å². The second-order valence-corrected chi connectivity index (χ2v) is 7.21. The van der Waals surface area contributed by atoms with Gasteiger partial charge in [-0.15, -0.1) is 0 Å². The number of hydrogen-bond donors (Lipinski definition) is 1. The van der Waals surface area contributed by atoms with Crippen molar-refractivity contribution in [2.45, 2.75) is 18.9 Å². The molecule has 1 aliphatic heterocycles. The molecule has 1 aromatic rings. The number of methoxy groups -OCH3 is 1. The van der Waals surface area contributed by atoms with Crippen molar-refractivity contribution in [2.75, 3.05) is 47.4 Å². The largest absolute Gasteiger partial charge is 0.383 e. The van der Waals surface area contributed by atoms with E-state index < -0.39 is 5.92 Å². The first kappa shape index (κ1) is 20.7. The van der Waals surface area contributed by atoms with Crippen LogP contribution in [0.2, 0.25) is 5.02 Å². The van der Waals surface area contributed by atoms with Gasteiger partial charge in [0.2, 0.25) is 11.8 Å². The van der Waals surface area contributed by atoms with E-state index in [1.54, 1.807) is 18.1 Å². The number of benzene rings is 1. The van der Waals surface area contributed by atoms with E-state index in [2.05, 4.69) is 10.2 Å². The minimum atomic E-state index is -0.446. The van der Waals surface area contributed by atoms with Gasteiger partial charge in [0.05, 0.1) is 18.6 Å². The monoisotopic (exact) mass is 381 g/mol. The third kappa shape index (κ3) is 5.19. The fourth-order valence-electron chi connectivity index (χ4n) is 3.32. The van der Waals surface area contributed by atoms with E-state index >= 15 is 0 Å². The summed E-state index contributed by atoms with van der Waals surface area (Å²) < 4.78 is 5.13. The topological polar surface area (TPSA) is 61.9 Å². The van der Waals surface area contributed by atoms with Crippen molar-refractivity contribution in [1.82, 2.24) is 15.1 Å². The van der Waals surface area contributed by atoms with Crippen LogP contribution in [-0.4, -0.2) is 69.1 Å². The van der Waals surface area contributed by atoms with Gasteiger partial charge in [-0.2, -0.15) is 0 Å². The van der Waals surface area contributed by atoms with Crippen LogP contribution >= 0.6 is 11.6 Å². The molecular weight excluding hydrogens is 354 g/mol. The number of likely N-dealkylation sites (tertiary alicyclic amines) is 1. The van der Waals surface area contributed by atoms with E-state index in [1.165, 1.54) is 0 Å². The lowest BCUT2D eigenvalue weighted by molar-refractivity contribution is -0.129. The summed E-state index contributed by atoms with van der Waals surface area (Å²) in [6, 6.07) is 7.04. The van der Waals surface area contributed by atoms with Crippen LogP contribution in [0.25, 0.3) is 0 Å². The zero-order chi connectivity index (χ0) is 19.1. The maximum absolute atomic E-state index is 12.8. The lowest BCUT2D eigenvalue weighted by Crippen LogP contribution is -2.37. The van der Waals surface area contributed by atoms with Crippen LogP contribution in [0, 0.1) is 5.92 Å². The predicted octanol–water partition coefficient (Wildman–Crippen LogP) is 1.94. The molecule has 0 saturated carbocycles. The van der Waals surface area contributed by atoms with Crippen molar-refractivity contribution in [3.63, 3.8) is 0 Å². The first-order valence-electron chi connectivity index (χ1n) is 8.91. The Morgan fingerprint density at radius 1 is 1.38 bits per heavy atom. The van der Waals surface area contributed by atoms with Crippen molar-refractivity contribution in [2.24, 2.45) is 5.92 Å². The quantitative estimate of drug-likeness (QED) is 0.664. The van der Waals surface area contributed by atoms with Gasteiger partial charge in [-0.05, 0) is 38.7 Å². The maximum Gasteiger partial charge on any atom is 0.226 e. The number of ether oxygens (including phenoxy) is 1. The van der Waals surface area contributed by atoms with Crippen molar-refractivity contribution >= 4 is 23.4 Å². The lowest BCUT2D eigenvalue weighted by atomic mass is 9.92. The molecular formula is C19H28ClN3O3. The second kappa shape index (κ2) is 9.90. The minimum absolute atomic E-state index is 0.0413. The molecule has 2 amide bonds. The number of carbonyl (C=O) groups is 2. The molecule has 0 radical (unpaired) electrons. The molecule has 1 aliphatic rings. The molecule has 2 atom stereocenters. The summed E-state index contributed by atoms with van der Waals surface area (Å²) in [7, 11) is 5.59. The van der Waals surface area contributed by atoms with E-state index in [1.807, 2.05) is 32.3 Å². The summed E-state index contributed by atoms with van der Waals surface area (Å²) in [5.74, 6) is -0.582. The number of nitrogens with zero attached hydrogens (tertiary/aromatic N) is 2. The van der Waals surface area contributed by atoms with Crippen molar-refractivity contribution in [3.8, 4) is 0 Å². The Labute approximate surface area is 160 Å². The van der Waals surface area contributed by atoms with Gasteiger partial charge in [-0.3, -0.25) is 9.59 Å². The van der Waals surface area contributed by atoms with Crippen LogP contribution in [0.3, 0.4) is 0 Å². The van der Waals surface area contributed by atoms with Crippen LogP contribution in [0.4, 0.5) is 0 Å². The summed E-state index contributed by atoms with van der Waals surface area (Å²) in [5.41, 5.74) is 0.810. The number of amides is 2. The fourth-order valence-corrected chi connectivity index (χ4v) is 3.56. The maximum atomic E-state index is 12.8. The molecule has 144 valence electrons. The summed E-state index contributed by atoms with van der Waals surface area (Å²) in [4.78, 5) is 29.1. The average Bonchev–Trinajstić information content (AvgIpc) is 2.93. The van der Waals surface area contributed by atoms with Crippen molar-refractivity contribution < 1.29 is 14.3 Å². The Morgan fingerprint density at radius 3 is 2.77 bits per heavy atom. The highest BCUT2D eigenvalue weighted by molar-refractivity contribution is 6.31. The molecule has 6 nitrogen and oxygen atoms in total. The Hall–Kier alpha value is -1.63. The van der Waals surface area contributed by atoms with E-state index in [0.29, 0.717) is 24.7 Å². The molecule has 1 aromatic carbocycles. The Balaban J connectivity index is 2.16. The van der Waals surface area contributed by atoms with Gasteiger partial charge in [0.15, 0.2) is 0 Å². The van der Waals surface area contributed by atoms with Gasteiger partial charge < -0.3 is 19.9 Å². The molecule has 0 aromatic heterocycles. The van der Waals surface area contributed by atoms with Crippen LogP contribution in [-0.2, 0) is 14.3 Å². The Kier molecular flexibility index (Phi) is 7.87. The van der Waals surface area contributed by atoms with Crippen molar-refractivity contribution in [1.29, 1.82) is 0 Å². The first-order valence-corrected chi connectivity index (χ1v) is 9.28. The summed E-state index contributed by atoms with van der Waals surface area (Å²) in [6.45, 7) is 2.35. The van der Waals surface area contributed by atoms with E-state index in [0.717, 1.165) is 18.5 Å². The highest BCUT2D eigenvalue weighted by Crippen LogP contribution is 2.40. The summed E-state index contributed by atoms with van der Waals surface area (Å²) in [5, 5.41) is 3.55. The van der Waals surface area contributed by atoms with E-state index in [-0.39, 0.29) is 24.3 Å². The molecule has 1 saturated heterocycles. The zero-order valence-corrected chi connectivity index (χ0v) is 16.5. The highest BCUT2D eigenvalue weighted by atomic mass is 35.5. The molecule has 0 bridgehead atoms. The molecule has 0 unspecified atom stereocenters. The van der Waals surface area contributed by atoms with E-state index in [4.69, 9.17) is 16.3 Å². The standard InChI is InChI=1S/C19H28ClN3O3/c1-22(2)10-6-9-21-19(25)15-13-17(24)23(11-12-26-3)18(15)14-7-4-5-8-16(14)20/h4-5,7-8,15,18H,6,9-13H2,1-3H3,(H,21,25)/t15-,18+/m1/s1. The summed E-state index contributed by atoms with van der Waals surface area (Å²) >= 11 is 6.38. The average molecular weight is 382 g/mol. The molecule has 1 heterocycles. The molecule has 1 fully saturated rings. The van der Waals surface area contributed by atoms with Gasteiger partial charge in [-0.1, -0.05) is 29.8 Å². The fraction of sp³-hybridized carbons (Fsp3) is 0.579. The number of hydrogen-bond acceptors (Lipinski definition) is 4. The van der Waals surface area contributed by atoms with Gasteiger partial charge in [0, 0.05) is 31.6 Å². The number of nitrogens with one attached hydrogen (secondary N) is 1. The zero-order valence-electron chi connectivity index (χ0n) is 15.7. The van der Waals surface area contributed by atoms with Gasteiger partial charge in [-0.25, -0.2) is 0 Å². The molecule has 1 N–H and O–H groups in total. The molecule has 2 rings (SSSR count). The first-order chi connectivity index (χ1) is 12.5. The number of rotatable bonds is 9. The van der Waals surface area contributed by atoms with Crippen LogP contribution in [0.5, 0.6) is 0 Å². The normalized spacial score (nSPS) is 20.0. The Morgan fingerprint density at radius 2 is 2.12 bits per heavy atom. The number of carbonyl (C=O) groups excluding carboxylic acids is 2. The predicted molar refractivity (Wildman–Crippen MR) is 102 cm³/mol. The second-order valence-electron chi connectivity index (χ2n) is 6.80. The molecule has 0 spiro atoms. The molecule has 26 heavy (non-hydrogen) atoms. The SMILES string of the molecule is COCCN1C(=O)C[C@@H](C(=O)NCCCN(C)C)[C@@H]1c1ccccc1Cl. The minimum Gasteiger partial charge on any atom is -0.383 e. The van der Waals surface area contributed by atoms with Crippen LogP contribution in [0.1, 0.15) is 24.4 Å². The van der Waals surface area contributed by atoms with Crippen molar-refractivity contribution in [3.05, 3.63) is 34.9 Å². The van der Waals surface area contributed by atoms with Gasteiger partial charge >= 0.3 is 0 Å². The lowest BCUT2D eigenvalue weighted by Gasteiger charge is -2.28. The van der Waals surface area contributed by atoms with Gasteiger partial charge in [0.1, 0.15) is 0 Å². The smallest absolute Gasteiger partial charge is 0.226 e. The third-order valence-corrected chi connectivity index (χ3v) is 4.95. The molecule has 7 heteroatoms. The number of halogens is 1. The van der Waals surface area contributed by atoms with Gasteiger partial charge in [0.25, 0.3) is 0 Å². The van der Waals surface area contributed by atoms with E-state index in [9.17, 15) is 9.59 Å². The summed E-state index contributed by atoms with van der Waals surface area (Å²) in [6.07, 6.45) is 1.06.